The first kappa shape index (κ1) is 8.49. The predicted octanol–water partition coefficient (Wildman–Crippen LogP) is 0.221. The van der Waals surface area contributed by atoms with E-state index in [0.717, 1.165) is 0 Å². The number of esters is 1. The molecule has 0 aromatic carbocycles. The molecule has 0 amide bonds. The molecule has 2 heterocycles. The van der Waals surface area contributed by atoms with Gasteiger partial charge in [-0.1, -0.05) is 5.21 Å². The summed E-state index contributed by atoms with van der Waals surface area (Å²) in [4.78, 5) is 11.3. The minimum absolute atomic E-state index is 0.0255. The van der Waals surface area contributed by atoms with Gasteiger partial charge in [0.15, 0.2) is 5.69 Å². The first-order valence-corrected chi connectivity index (χ1v) is 3.84. The van der Waals surface area contributed by atoms with Crippen molar-refractivity contribution in [3.8, 4) is 5.75 Å². The lowest BCUT2D eigenvalue weighted by Crippen LogP contribution is -2.09. The highest BCUT2D eigenvalue weighted by Crippen LogP contribution is 2.18. The molecule has 0 spiro atoms. The van der Waals surface area contributed by atoms with Gasteiger partial charge < -0.3 is 9.84 Å². The molecule has 2 aromatic heterocycles. The fourth-order valence-electron chi connectivity index (χ4n) is 1.17. The summed E-state index contributed by atoms with van der Waals surface area (Å²) in [5, 5.41) is 16.7. The molecule has 2 rings (SSSR count). The number of rotatable bonds is 1. The molecule has 0 aliphatic rings. The second kappa shape index (κ2) is 2.99. The zero-order valence-corrected chi connectivity index (χ0v) is 7.34. The van der Waals surface area contributed by atoms with E-state index >= 15 is 0 Å². The topological polar surface area (TPSA) is 76.7 Å². The first-order valence-electron chi connectivity index (χ1n) is 3.84. The number of carbonyl (C=O) groups is 1. The van der Waals surface area contributed by atoms with E-state index in [1.54, 1.807) is 6.07 Å². The van der Waals surface area contributed by atoms with Crippen molar-refractivity contribution in [2.75, 3.05) is 7.11 Å². The Morgan fingerprint density at radius 3 is 3.07 bits per heavy atom. The molecule has 0 bridgehead atoms. The van der Waals surface area contributed by atoms with E-state index in [1.807, 2.05) is 0 Å². The van der Waals surface area contributed by atoms with Crippen molar-refractivity contribution in [1.82, 2.24) is 14.8 Å². The predicted molar refractivity (Wildman–Crippen MR) is 46.0 cm³/mol. The van der Waals surface area contributed by atoms with Crippen LogP contribution in [0.3, 0.4) is 0 Å². The first-order chi connectivity index (χ1) is 6.74. The average Bonchev–Trinajstić information content (AvgIpc) is 2.64. The fourth-order valence-corrected chi connectivity index (χ4v) is 1.17. The molecule has 14 heavy (non-hydrogen) atoms. The molecule has 0 fully saturated rings. The largest absolute Gasteiger partial charge is 0.505 e. The normalized spacial score (nSPS) is 10.4. The molecule has 6 nitrogen and oxygen atoms in total. The van der Waals surface area contributed by atoms with Gasteiger partial charge in [0.1, 0.15) is 5.75 Å². The van der Waals surface area contributed by atoms with Gasteiger partial charge in [-0.15, -0.1) is 5.10 Å². The lowest BCUT2D eigenvalue weighted by atomic mass is 10.3. The smallest absolute Gasteiger partial charge is 0.360 e. The molecule has 0 unspecified atom stereocenters. The van der Waals surface area contributed by atoms with Crippen molar-refractivity contribution in [1.29, 1.82) is 0 Å². The van der Waals surface area contributed by atoms with Crippen molar-refractivity contribution in [2.45, 2.75) is 0 Å². The number of nitrogens with zero attached hydrogens (tertiary/aromatic N) is 3. The standard InChI is InChI=1S/C8H7N3O3/c1-14-8(13)7-6(12)3-2-5-4-9-10-11(5)7/h2-4,12H,1H3. The van der Waals surface area contributed by atoms with Gasteiger partial charge in [0.25, 0.3) is 0 Å². The Kier molecular flexibility index (Phi) is 1.81. The number of methoxy groups -OCH3 is 1. The fraction of sp³-hybridized carbons (Fsp3) is 0.125. The van der Waals surface area contributed by atoms with Crippen LogP contribution in [0.5, 0.6) is 5.75 Å². The lowest BCUT2D eigenvalue weighted by Gasteiger charge is -2.03. The number of aromatic nitrogens is 3. The summed E-state index contributed by atoms with van der Waals surface area (Å²) in [6.45, 7) is 0. The molecule has 0 aliphatic heterocycles. The number of pyridine rings is 1. The van der Waals surface area contributed by atoms with E-state index in [2.05, 4.69) is 15.0 Å². The third-order valence-corrected chi connectivity index (χ3v) is 1.82. The van der Waals surface area contributed by atoms with Gasteiger partial charge in [-0.2, -0.15) is 0 Å². The Balaban J connectivity index is 2.76. The number of ether oxygens (including phenoxy) is 1. The van der Waals surface area contributed by atoms with E-state index in [9.17, 15) is 9.90 Å². The molecule has 2 aromatic rings. The van der Waals surface area contributed by atoms with E-state index in [1.165, 1.54) is 23.9 Å². The molecular formula is C8H7N3O3. The van der Waals surface area contributed by atoms with E-state index < -0.39 is 5.97 Å². The number of hydrogen-bond donors (Lipinski definition) is 1. The van der Waals surface area contributed by atoms with Crippen LogP contribution in [0.1, 0.15) is 10.5 Å². The van der Waals surface area contributed by atoms with Crippen molar-refractivity contribution in [3.05, 3.63) is 24.0 Å². The third kappa shape index (κ3) is 1.08. The summed E-state index contributed by atoms with van der Waals surface area (Å²) in [7, 11) is 1.23. The maximum atomic E-state index is 11.3. The molecule has 6 heteroatoms. The number of aromatic hydroxyl groups is 1. The molecule has 72 valence electrons. The van der Waals surface area contributed by atoms with Gasteiger partial charge in [-0.25, -0.2) is 9.31 Å². The van der Waals surface area contributed by atoms with E-state index in [4.69, 9.17) is 0 Å². The zero-order chi connectivity index (χ0) is 10.1. The SMILES string of the molecule is COC(=O)c1c(O)ccc2cnnn12. The van der Waals surface area contributed by atoms with Crippen molar-refractivity contribution < 1.29 is 14.6 Å². The van der Waals surface area contributed by atoms with Gasteiger partial charge in [-0.3, -0.25) is 0 Å². The summed E-state index contributed by atoms with van der Waals surface area (Å²) < 4.78 is 5.73. The summed E-state index contributed by atoms with van der Waals surface area (Å²) in [5.41, 5.74) is 0.589. The van der Waals surface area contributed by atoms with Crippen LogP contribution in [-0.2, 0) is 4.74 Å². The van der Waals surface area contributed by atoms with Crippen LogP contribution in [-0.4, -0.2) is 33.0 Å². The van der Waals surface area contributed by atoms with Crippen LogP contribution in [0, 0.1) is 0 Å². The lowest BCUT2D eigenvalue weighted by molar-refractivity contribution is 0.0586. The zero-order valence-electron chi connectivity index (χ0n) is 7.34. The van der Waals surface area contributed by atoms with Crippen molar-refractivity contribution in [2.24, 2.45) is 0 Å². The Morgan fingerprint density at radius 2 is 2.36 bits per heavy atom. The Bertz CT molecular complexity index is 492. The minimum Gasteiger partial charge on any atom is -0.505 e. The van der Waals surface area contributed by atoms with Crippen LogP contribution < -0.4 is 0 Å². The second-order valence-corrected chi connectivity index (χ2v) is 2.63. The summed E-state index contributed by atoms with van der Waals surface area (Å²) in [6, 6.07) is 2.99. The molecule has 0 atom stereocenters. The molecule has 0 saturated carbocycles. The quantitative estimate of drug-likeness (QED) is 0.655. The molecule has 1 N–H and O–H groups in total. The van der Waals surface area contributed by atoms with Crippen molar-refractivity contribution in [3.63, 3.8) is 0 Å². The number of hydrogen-bond acceptors (Lipinski definition) is 5. The molecular weight excluding hydrogens is 186 g/mol. The van der Waals surface area contributed by atoms with Gasteiger partial charge in [0.05, 0.1) is 18.8 Å². The number of fused-ring (bicyclic) bond motifs is 1. The second-order valence-electron chi connectivity index (χ2n) is 2.63. The van der Waals surface area contributed by atoms with Crippen LogP contribution in [0.15, 0.2) is 18.3 Å². The van der Waals surface area contributed by atoms with Crippen LogP contribution in [0.25, 0.3) is 5.52 Å². The average molecular weight is 193 g/mol. The van der Waals surface area contributed by atoms with Gasteiger partial charge in [0, 0.05) is 0 Å². The van der Waals surface area contributed by atoms with Gasteiger partial charge in [0.2, 0.25) is 0 Å². The summed E-state index contributed by atoms with van der Waals surface area (Å²) in [6.07, 6.45) is 1.48. The van der Waals surface area contributed by atoms with Crippen LogP contribution in [0.2, 0.25) is 0 Å². The van der Waals surface area contributed by atoms with Gasteiger partial charge in [-0.05, 0) is 12.1 Å². The maximum Gasteiger partial charge on any atom is 0.360 e. The maximum absolute atomic E-state index is 11.3. The number of carbonyl (C=O) groups excluding carboxylic acids is 1. The highest BCUT2D eigenvalue weighted by Gasteiger charge is 2.16. The molecule has 0 saturated heterocycles. The monoisotopic (exact) mass is 193 g/mol. The Morgan fingerprint density at radius 1 is 1.57 bits per heavy atom. The minimum atomic E-state index is -0.654. The highest BCUT2D eigenvalue weighted by atomic mass is 16.5. The summed E-state index contributed by atoms with van der Waals surface area (Å²) >= 11 is 0. The van der Waals surface area contributed by atoms with E-state index in [-0.39, 0.29) is 11.4 Å². The van der Waals surface area contributed by atoms with Crippen molar-refractivity contribution >= 4 is 11.5 Å². The van der Waals surface area contributed by atoms with Gasteiger partial charge >= 0.3 is 5.97 Å². The molecule has 0 aliphatic carbocycles. The Hall–Kier alpha value is -2.11. The Labute approximate surface area is 78.7 Å². The third-order valence-electron chi connectivity index (χ3n) is 1.82. The van der Waals surface area contributed by atoms with Crippen LogP contribution >= 0.6 is 0 Å². The molecule has 0 radical (unpaired) electrons. The van der Waals surface area contributed by atoms with E-state index in [0.29, 0.717) is 5.52 Å². The highest BCUT2D eigenvalue weighted by molar-refractivity contribution is 5.91. The van der Waals surface area contributed by atoms with Crippen LogP contribution in [0.4, 0.5) is 0 Å². The summed E-state index contributed by atoms with van der Waals surface area (Å²) in [5.74, 6) is -0.839.